The van der Waals surface area contributed by atoms with E-state index in [9.17, 15) is 4.79 Å². The van der Waals surface area contributed by atoms with E-state index in [1.807, 2.05) is 75.5 Å². The number of likely N-dealkylation sites (N-methyl/N-ethyl adjacent to an activating group) is 1. The number of piperazine rings is 1. The third kappa shape index (κ3) is 5.05. The van der Waals surface area contributed by atoms with Gasteiger partial charge in [-0.3, -0.25) is 9.36 Å². The molecule has 1 saturated heterocycles. The molecule has 9 heteroatoms. The number of thiophene rings is 1. The summed E-state index contributed by atoms with van der Waals surface area (Å²) in [5.41, 5.74) is 2.79. The van der Waals surface area contributed by atoms with Gasteiger partial charge in [-0.2, -0.15) is 0 Å². The van der Waals surface area contributed by atoms with Gasteiger partial charge in [-0.05, 0) is 54.4 Å². The van der Waals surface area contributed by atoms with E-state index in [2.05, 4.69) is 22.1 Å². The summed E-state index contributed by atoms with van der Waals surface area (Å²) in [7, 11) is 2.09. The average Bonchev–Trinajstić information content (AvgIpc) is 3.53. The number of halogens is 1. The Morgan fingerprint density at radius 2 is 1.82 bits per heavy atom. The van der Waals surface area contributed by atoms with E-state index in [4.69, 9.17) is 11.6 Å². The van der Waals surface area contributed by atoms with Crippen LogP contribution in [0.2, 0.25) is 5.02 Å². The Labute approximate surface area is 212 Å². The minimum absolute atomic E-state index is 0.105. The molecule has 174 valence electrons. The Morgan fingerprint density at radius 3 is 2.53 bits per heavy atom. The molecule has 1 amide bonds. The highest BCUT2D eigenvalue weighted by molar-refractivity contribution is 7.98. The summed E-state index contributed by atoms with van der Waals surface area (Å²) in [6.07, 6.45) is 0. The smallest absolute Gasteiger partial charge is 0.253 e. The number of hydrogen-bond donors (Lipinski definition) is 0. The van der Waals surface area contributed by atoms with E-state index >= 15 is 0 Å². The SMILES string of the molecule is CN1CCN(C(=O)c2ccc(CSc3nnc(-c4cccs4)n3-c3cccc(Cl)c3)cc2)CC1. The second kappa shape index (κ2) is 10.3. The van der Waals surface area contributed by atoms with Crippen molar-refractivity contribution in [2.75, 3.05) is 33.2 Å². The first kappa shape index (κ1) is 23.1. The molecule has 2 aromatic carbocycles. The number of aromatic nitrogens is 3. The largest absolute Gasteiger partial charge is 0.336 e. The van der Waals surface area contributed by atoms with Gasteiger partial charge in [0.05, 0.1) is 10.6 Å². The molecule has 0 saturated carbocycles. The Morgan fingerprint density at radius 1 is 1.03 bits per heavy atom. The lowest BCUT2D eigenvalue weighted by molar-refractivity contribution is 0.0664. The number of carbonyl (C=O) groups is 1. The van der Waals surface area contributed by atoms with E-state index in [0.717, 1.165) is 58.9 Å². The normalized spacial score (nSPS) is 14.5. The zero-order chi connectivity index (χ0) is 23.5. The van der Waals surface area contributed by atoms with E-state index in [-0.39, 0.29) is 5.91 Å². The molecule has 4 aromatic rings. The number of benzene rings is 2. The Kier molecular flexibility index (Phi) is 7.01. The molecule has 5 rings (SSSR count). The summed E-state index contributed by atoms with van der Waals surface area (Å²) in [4.78, 5) is 18.0. The van der Waals surface area contributed by atoms with Crippen molar-refractivity contribution in [2.24, 2.45) is 0 Å². The lowest BCUT2D eigenvalue weighted by Crippen LogP contribution is -2.47. The van der Waals surface area contributed by atoms with Crippen molar-refractivity contribution in [3.63, 3.8) is 0 Å². The van der Waals surface area contributed by atoms with Crippen LogP contribution in [0.15, 0.2) is 71.2 Å². The van der Waals surface area contributed by atoms with Crippen molar-refractivity contribution in [1.29, 1.82) is 0 Å². The van der Waals surface area contributed by atoms with Crippen LogP contribution in [0.1, 0.15) is 15.9 Å². The van der Waals surface area contributed by atoms with Crippen LogP contribution in [-0.4, -0.2) is 63.7 Å². The van der Waals surface area contributed by atoms with Crippen molar-refractivity contribution in [2.45, 2.75) is 10.9 Å². The Hall–Kier alpha value is -2.65. The standard InChI is InChI=1S/C25H24ClN5OS2/c1-29-11-13-30(14-12-29)24(32)19-9-7-18(8-10-19)17-34-25-28-27-23(22-6-3-15-33-22)31(25)21-5-2-4-20(26)16-21/h2-10,15-16H,11-14,17H2,1H3. The second-order valence-electron chi connectivity index (χ2n) is 8.18. The molecule has 2 aromatic heterocycles. The molecule has 34 heavy (non-hydrogen) atoms. The lowest BCUT2D eigenvalue weighted by atomic mass is 10.1. The van der Waals surface area contributed by atoms with Crippen LogP contribution in [0.3, 0.4) is 0 Å². The van der Waals surface area contributed by atoms with Gasteiger partial charge in [-0.15, -0.1) is 21.5 Å². The fourth-order valence-electron chi connectivity index (χ4n) is 3.86. The molecule has 0 bridgehead atoms. The van der Waals surface area contributed by atoms with Crippen molar-refractivity contribution in [1.82, 2.24) is 24.6 Å². The quantitative estimate of drug-likeness (QED) is 0.329. The molecule has 0 N–H and O–H groups in total. The third-order valence-electron chi connectivity index (χ3n) is 5.80. The van der Waals surface area contributed by atoms with Crippen molar-refractivity contribution < 1.29 is 4.79 Å². The fraction of sp³-hybridized carbons (Fsp3) is 0.240. The number of nitrogens with zero attached hydrogens (tertiary/aromatic N) is 5. The zero-order valence-electron chi connectivity index (χ0n) is 18.7. The van der Waals surface area contributed by atoms with Crippen molar-refractivity contribution >= 4 is 40.6 Å². The molecule has 3 heterocycles. The van der Waals surface area contributed by atoms with Gasteiger partial charge in [0.25, 0.3) is 5.91 Å². The molecule has 0 unspecified atom stereocenters. The predicted molar refractivity (Wildman–Crippen MR) is 139 cm³/mol. The van der Waals surface area contributed by atoms with Crippen LogP contribution < -0.4 is 0 Å². The van der Waals surface area contributed by atoms with Crippen LogP contribution in [0, 0.1) is 0 Å². The molecule has 6 nitrogen and oxygen atoms in total. The van der Waals surface area contributed by atoms with Crippen LogP contribution in [-0.2, 0) is 5.75 Å². The highest BCUT2D eigenvalue weighted by atomic mass is 35.5. The third-order valence-corrected chi connectivity index (χ3v) is 7.90. The van der Waals surface area contributed by atoms with E-state index in [1.165, 1.54) is 0 Å². The van der Waals surface area contributed by atoms with Crippen molar-refractivity contribution in [3.05, 3.63) is 82.2 Å². The number of thioether (sulfide) groups is 1. The van der Waals surface area contributed by atoms with Gasteiger partial charge in [-0.25, -0.2) is 0 Å². The minimum Gasteiger partial charge on any atom is -0.336 e. The van der Waals surface area contributed by atoms with Crippen molar-refractivity contribution in [3.8, 4) is 16.4 Å². The summed E-state index contributed by atoms with van der Waals surface area (Å²) in [5, 5.41) is 12.5. The van der Waals surface area contributed by atoms with Crippen LogP contribution in [0.25, 0.3) is 16.4 Å². The lowest BCUT2D eigenvalue weighted by Gasteiger charge is -2.32. The van der Waals surface area contributed by atoms with Gasteiger partial charge in [0, 0.05) is 42.5 Å². The maximum atomic E-state index is 12.8. The Balaban J connectivity index is 1.33. The van der Waals surface area contributed by atoms with E-state index in [0.29, 0.717) is 10.8 Å². The molecule has 0 spiro atoms. The highest BCUT2D eigenvalue weighted by Crippen LogP contribution is 2.32. The van der Waals surface area contributed by atoms with E-state index < -0.39 is 0 Å². The molecule has 0 aliphatic carbocycles. The summed E-state index contributed by atoms with van der Waals surface area (Å²) in [6.45, 7) is 3.39. The van der Waals surface area contributed by atoms with Gasteiger partial charge in [0.1, 0.15) is 0 Å². The second-order valence-corrected chi connectivity index (χ2v) is 10.5. The van der Waals surface area contributed by atoms with Crippen LogP contribution in [0.4, 0.5) is 0 Å². The summed E-state index contributed by atoms with van der Waals surface area (Å²) < 4.78 is 2.05. The first-order valence-corrected chi connectivity index (χ1v) is 13.3. The Bertz CT molecular complexity index is 1260. The number of hydrogen-bond acceptors (Lipinski definition) is 6. The monoisotopic (exact) mass is 509 g/mol. The van der Waals surface area contributed by atoms with Crippen LogP contribution >= 0.6 is 34.7 Å². The van der Waals surface area contributed by atoms with Gasteiger partial charge < -0.3 is 9.80 Å². The fourth-order valence-corrected chi connectivity index (χ4v) is 5.65. The summed E-state index contributed by atoms with van der Waals surface area (Å²) >= 11 is 9.52. The van der Waals surface area contributed by atoms with Gasteiger partial charge in [-0.1, -0.05) is 47.6 Å². The molecular formula is C25H24ClN5OS2. The first-order chi connectivity index (χ1) is 16.6. The van der Waals surface area contributed by atoms with Crippen LogP contribution in [0.5, 0.6) is 0 Å². The first-order valence-electron chi connectivity index (χ1n) is 11.0. The molecule has 1 fully saturated rings. The molecule has 1 aliphatic rings. The summed E-state index contributed by atoms with van der Waals surface area (Å²) in [5.74, 6) is 1.62. The average molecular weight is 510 g/mol. The molecular weight excluding hydrogens is 486 g/mol. The number of rotatable bonds is 6. The molecule has 0 radical (unpaired) electrons. The molecule has 0 atom stereocenters. The molecule has 1 aliphatic heterocycles. The van der Waals surface area contributed by atoms with Gasteiger partial charge in [0.2, 0.25) is 0 Å². The number of carbonyl (C=O) groups excluding carboxylic acids is 1. The predicted octanol–water partition coefficient (Wildman–Crippen LogP) is 5.33. The zero-order valence-corrected chi connectivity index (χ0v) is 21.1. The maximum absolute atomic E-state index is 12.8. The maximum Gasteiger partial charge on any atom is 0.253 e. The van der Waals surface area contributed by atoms with Gasteiger partial charge >= 0.3 is 0 Å². The summed E-state index contributed by atoms with van der Waals surface area (Å²) in [6, 6.07) is 19.7. The van der Waals surface area contributed by atoms with E-state index in [1.54, 1.807) is 23.1 Å². The topological polar surface area (TPSA) is 54.3 Å². The minimum atomic E-state index is 0.105. The van der Waals surface area contributed by atoms with Gasteiger partial charge in [0.15, 0.2) is 11.0 Å². The number of amides is 1. The highest BCUT2D eigenvalue weighted by Gasteiger charge is 2.21.